The number of carbonyl (C=O) groups is 3. The maximum Gasteiger partial charge on any atom is 0.264 e. The molecular formula is C21H16N2O5S. The van der Waals surface area contributed by atoms with Gasteiger partial charge in [-0.3, -0.25) is 14.4 Å². The van der Waals surface area contributed by atoms with Crippen LogP contribution in [0.3, 0.4) is 0 Å². The monoisotopic (exact) mass is 408 g/mol. The van der Waals surface area contributed by atoms with E-state index in [-0.39, 0.29) is 60.7 Å². The van der Waals surface area contributed by atoms with Gasteiger partial charge in [-0.1, -0.05) is 24.3 Å². The summed E-state index contributed by atoms with van der Waals surface area (Å²) in [4.78, 5) is 41.0. The predicted molar refractivity (Wildman–Crippen MR) is 107 cm³/mol. The molecule has 1 aliphatic carbocycles. The van der Waals surface area contributed by atoms with Crippen LogP contribution in [0, 0.1) is 0 Å². The fourth-order valence-corrected chi connectivity index (χ4v) is 5.12. The molecule has 5 rings (SSSR count). The Morgan fingerprint density at radius 2 is 1.69 bits per heavy atom. The standard InChI is InChI=1S/C21H16N2O5S/c22-9-5-6-23(8-9)21(28)13-7-12-18(26)14-15(19(27)20(12)29-13)17(25)11-4-2-1-3-10(11)16(14)24/h1-4,7,9,24-25H,5-6,8,22H2/t9-/m1/s1. The summed E-state index contributed by atoms with van der Waals surface area (Å²) in [7, 11) is 0. The second kappa shape index (κ2) is 6.13. The molecule has 0 saturated carbocycles. The van der Waals surface area contributed by atoms with Gasteiger partial charge in [0.1, 0.15) is 11.5 Å². The zero-order valence-corrected chi connectivity index (χ0v) is 16.0. The van der Waals surface area contributed by atoms with Gasteiger partial charge in [-0.05, 0) is 12.5 Å². The summed E-state index contributed by atoms with van der Waals surface area (Å²) in [6.45, 7) is 0.953. The second-order valence-corrected chi connectivity index (χ2v) is 8.36. The van der Waals surface area contributed by atoms with Gasteiger partial charge in [-0.25, -0.2) is 0 Å². The average molecular weight is 408 g/mol. The third-order valence-electron chi connectivity index (χ3n) is 5.52. The van der Waals surface area contributed by atoms with Crippen molar-refractivity contribution >= 4 is 39.6 Å². The van der Waals surface area contributed by atoms with Gasteiger partial charge in [-0.15, -0.1) is 11.3 Å². The van der Waals surface area contributed by atoms with Crippen molar-refractivity contribution in [1.82, 2.24) is 4.90 Å². The maximum atomic E-state index is 13.1. The number of likely N-dealkylation sites (tertiary alicyclic amines) is 1. The van der Waals surface area contributed by atoms with E-state index in [9.17, 15) is 24.6 Å². The van der Waals surface area contributed by atoms with Gasteiger partial charge in [0.15, 0.2) is 5.78 Å². The molecule has 0 unspecified atom stereocenters. The molecule has 29 heavy (non-hydrogen) atoms. The minimum atomic E-state index is -0.582. The molecule has 0 radical (unpaired) electrons. The van der Waals surface area contributed by atoms with E-state index in [0.29, 0.717) is 19.5 Å². The molecule has 2 aliphatic rings. The van der Waals surface area contributed by atoms with Crippen LogP contribution in [0.25, 0.3) is 10.8 Å². The van der Waals surface area contributed by atoms with Crippen LogP contribution in [-0.2, 0) is 0 Å². The number of hydrogen-bond donors (Lipinski definition) is 3. The maximum absolute atomic E-state index is 13.1. The van der Waals surface area contributed by atoms with E-state index >= 15 is 0 Å². The number of nitrogens with zero attached hydrogens (tertiary/aromatic N) is 1. The number of ketones is 2. The van der Waals surface area contributed by atoms with Gasteiger partial charge < -0.3 is 20.8 Å². The lowest BCUT2D eigenvalue weighted by atomic mass is 9.85. The van der Waals surface area contributed by atoms with Crippen molar-refractivity contribution in [2.45, 2.75) is 12.5 Å². The summed E-state index contributed by atoms with van der Waals surface area (Å²) < 4.78 is 0. The fourth-order valence-electron chi connectivity index (χ4n) is 4.05. The van der Waals surface area contributed by atoms with Gasteiger partial charge in [-0.2, -0.15) is 0 Å². The predicted octanol–water partition coefficient (Wildman–Crippen LogP) is 2.26. The highest BCUT2D eigenvalue weighted by molar-refractivity contribution is 7.16. The number of amides is 1. The van der Waals surface area contributed by atoms with E-state index < -0.39 is 11.6 Å². The number of phenols is 2. The molecule has 8 heteroatoms. The Labute approximate surface area is 169 Å². The van der Waals surface area contributed by atoms with Crippen LogP contribution in [0.4, 0.5) is 0 Å². The number of fused-ring (bicyclic) bond motifs is 3. The minimum Gasteiger partial charge on any atom is -0.506 e. The van der Waals surface area contributed by atoms with Gasteiger partial charge in [0, 0.05) is 35.5 Å². The molecule has 1 aromatic heterocycles. The summed E-state index contributed by atoms with van der Waals surface area (Å²) in [6, 6.07) is 7.78. The first kappa shape index (κ1) is 17.8. The molecule has 1 saturated heterocycles. The smallest absolute Gasteiger partial charge is 0.264 e. The van der Waals surface area contributed by atoms with Crippen LogP contribution in [0.5, 0.6) is 11.5 Å². The van der Waals surface area contributed by atoms with Crippen molar-refractivity contribution in [3.05, 3.63) is 56.8 Å². The summed E-state index contributed by atoms with van der Waals surface area (Å²) >= 11 is 0.932. The molecular weight excluding hydrogens is 392 g/mol. The normalized spacial score (nSPS) is 18.2. The highest BCUT2D eigenvalue weighted by atomic mass is 32.1. The Morgan fingerprint density at radius 3 is 2.28 bits per heavy atom. The lowest BCUT2D eigenvalue weighted by molar-refractivity contribution is 0.0795. The Bertz CT molecular complexity index is 1170. The summed E-state index contributed by atoms with van der Waals surface area (Å²) in [5.74, 6) is -2.12. The van der Waals surface area contributed by atoms with E-state index in [2.05, 4.69) is 0 Å². The van der Waals surface area contributed by atoms with Gasteiger partial charge in [0.2, 0.25) is 5.78 Å². The van der Waals surface area contributed by atoms with Gasteiger partial charge in [0.25, 0.3) is 5.91 Å². The fraction of sp³-hybridized carbons (Fsp3) is 0.190. The third kappa shape index (κ3) is 2.43. The topological polar surface area (TPSA) is 121 Å². The van der Waals surface area contributed by atoms with Crippen molar-refractivity contribution in [3.8, 4) is 11.5 Å². The largest absolute Gasteiger partial charge is 0.506 e. The number of thiophene rings is 1. The average Bonchev–Trinajstić information content (AvgIpc) is 3.35. The van der Waals surface area contributed by atoms with Gasteiger partial charge in [0.05, 0.1) is 20.9 Å². The zero-order chi connectivity index (χ0) is 20.4. The van der Waals surface area contributed by atoms with Crippen LogP contribution in [0.2, 0.25) is 0 Å². The van der Waals surface area contributed by atoms with Crippen LogP contribution in [0.15, 0.2) is 30.3 Å². The minimum absolute atomic E-state index is 0.0735. The molecule has 0 spiro atoms. The number of nitrogens with two attached hydrogens (primary N) is 1. The molecule has 2 heterocycles. The van der Waals surface area contributed by atoms with Crippen LogP contribution < -0.4 is 5.73 Å². The van der Waals surface area contributed by atoms with Crippen LogP contribution in [0.1, 0.15) is 47.2 Å². The molecule has 1 fully saturated rings. The highest BCUT2D eigenvalue weighted by Crippen LogP contribution is 2.45. The highest BCUT2D eigenvalue weighted by Gasteiger charge is 2.39. The zero-order valence-electron chi connectivity index (χ0n) is 15.1. The molecule has 1 aliphatic heterocycles. The number of aromatic hydroxyl groups is 2. The number of phenolic OH excluding ortho intramolecular Hbond substituents is 2. The number of rotatable bonds is 1. The Morgan fingerprint density at radius 1 is 1.07 bits per heavy atom. The Kier molecular flexibility index (Phi) is 3.77. The summed E-state index contributed by atoms with van der Waals surface area (Å²) in [5.41, 5.74) is 5.50. The molecule has 146 valence electrons. The lowest BCUT2D eigenvalue weighted by Gasteiger charge is -2.18. The first-order valence-corrected chi connectivity index (χ1v) is 9.94. The Balaban J connectivity index is 1.67. The van der Waals surface area contributed by atoms with E-state index in [1.165, 1.54) is 6.07 Å². The summed E-state index contributed by atoms with van der Waals surface area (Å²) in [5, 5.41) is 21.9. The third-order valence-corrected chi connectivity index (χ3v) is 6.64. The SMILES string of the molecule is N[C@@H]1CCN(C(=O)c2cc3c(s2)C(=O)c2c(c(O)c4ccccc4c2O)C3=O)C1. The molecule has 7 nitrogen and oxygen atoms in total. The Hall–Kier alpha value is -3.23. The van der Waals surface area contributed by atoms with Crippen LogP contribution >= 0.6 is 11.3 Å². The van der Waals surface area contributed by atoms with Crippen molar-refractivity contribution < 1.29 is 24.6 Å². The first-order chi connectivity index (χ1) is 13.9. The molecule has 1 amide bonds. The molecule has 2 aromatic carbocycles. The van der Waals surface area contributed by atoms with Crippen molar-refractivity contribution in [3.63, 3.8) is 0 Å². The number of benzene rings is 2. The molecule has 4 N–H and O–H groups in total. The molecule has 3 aromatic rings. The second-order valence-electron chi connectivity index (χ2n) is 7.30. The number of hydrogen-bond acceptors (Lipinski definition) is 7. The van der Waals surface area contributed by atoms with E-state index in [1.807, 2.05) is 0 Å². The van der Waals surface area contributed by atoms with E-state index in [4.69, 9.17) is 5.73 Å². The lowest BCUT2D eigenvalue weighted by Crippen LogP contribution is -2.31. The molecule has 0 bridgehead atoms. The van der Waals surface area contributed by atoms with Gasteiger partial charge >= 0.3 is 0 Å². The van der Waals surface area contributed by atoms with E-state index in [1.54, 1.807) is 29.2 Å². The van der Waals surface area contributed by atoms with E-state index in [0.717, 1.165) is 11.3 Å². The summed E-state index contributed by atoms with van der Waals surface area (Å²) in [6.07, 6.45) is 0.703. The van der Waals surface area contributed by atoms with Crippen molar-refractivity contribution in [2.75, 3.05) is 13.1 Å². The van der Waals surface area contributed by atoms with Crippen molar-refractivity contribution in [1.29, 1.82) is 0 Å². The first-order valence-electron chi connectivity index (χ1n) is 9.13. The quantitative estimate of drug-likeness (QED) is 0.416. The van der Waals surface area contributed by atoms with Crippen molar-refractivity contribution in [2.24, 2.45) is 5.73 Å². The number of carbonyl (C=O) groups excluding carboxylic acids is 3. The molecule has 1 atom stereocenters. The van der Waals surface area contributed by atoms with Crippen LogP contribution in [-0.4, -0.2) is 51.7 Å².